The normalized spacial score (nSPS) is 15.8. The number of halogens is 2. The lowest BCUT2D eigenvalue weighted by Gasteiger charge is -2.07. The lowest BCUT2D eigenvalue weighted by molar-refractivity contribution is -0.112. The number of hydrogen-bond donors (Lipinski definition) is 0. The molecule has 0 radical (unpaired) electrons. The fourth-order valence-corrected chi connectivity index (χ4v) is 2.70. The van der Waals surface area contributed by atoms with Crippen LogP contribution in [0.1, 0.15) is 11.1 Å². The van der Waals surface area contributed by atoms with Crippen LogP contribution < -0.4 is 4.90 Å². The van der Waals surface area contributed by atoms with E-state index in [1.807, 2.05) is 24.3 Å². The second-order valence-electron chi connectivity index (χ2n) is 4.61. The highest BCUT2D eigenvalue weighted by Gasteiger charge is 2.28. The zero-order valence-electron chi connectivity index (χ0n) is 10.7. The minimum Gasteiger partial charge on any atom is -0.311 e. The third kappa shape index (κ3) is 2.06. The molecule has 2 aromatic rings. The van der Waals surface area contributed by atoms with Gasteiger partial charge in [0.25, 0.3) is 5.91 Å². The SMILES string of the molecule is CN1C(=O)/C(=C/c2ccc(F)c(Br)c2)c2ccccc21. The minimum absolute atomic E-state index is 0.0494. The number of rotatable bonds is 1. The first-order valence-electron chi connectivity index (χ1n) is 6.12. The van der Waals surface area contributed by atoms with Gasteiger partial charge in [0.05, 0.1) is 10.2 Å². The molecule has 0 saturated heterocycles. The molecule has 4 heteroatoms. The van der Waals surface area contributed by atoms with E-state index in [9.17, 15) is 9.18 Å². The van der Waals surface area contributed by atoms with Crippen LogP contribution in [0.2, 0.25) is 0 Å². The molecule has 100 valence electrons. The number of carbonyl (C=O) groups is 1. The summed E-state index contributed by atoms with van der Waals surface area (Å²) in [6, 6.07) is 12.3. The number of nitrogens with zero attached hydrogens (tertiary/aromatic N) is 1. The predicted molar refractivity (Wildman–Crippen MR) is 81.8 cm³/mol. The van der Waals surface area contributed by atoms with E-state index >= 15 is 0 Å². The van der Waals surface area contributed by atoms with E-state index < -0.39 is 0 Å². The van der Waals surface area contributed by atoms with Gasteiger partial charge < -0.3 is 4.90 Å². The summed E-state index contributed by atoms with van der Waals surface area (Å²) in [5, 5.41) is 0. The van der Waals surface area contributed by atoms with Crippen LogP contribution in [0.25, 0.3) is 11.6 Å². The van der Waals surface area contributed by atoms with Crippen molar-refractivity contribution in [2.24, 2.45) is 0 Å². The second kappa shape index (κ2) is 4.87. The summed E-state index contributed by atoms with van der Waals surface area (Å²) in [6.07, 6.45) is 1.79. The van der Waals surface area contributed by atoms with Gasteiger partial charge in [0.15, 0.2) is 0 Å². The smallest absolute Gasteiger partial charge is 0.258 e. The third-order valence-electron chi connectivity index (χ3n) is 3.35. The van der Waals surface area contributed by atoms with Crippen LogP contribution in [0, 0.1) is 5.82 Å². The van der Waals surface area contributed by atoms with Crippen LogP contribution in [-0.2, 0) is 4.79 Å². The molecule has 20 heavy (non-hydrogen) atoms. The van der Waals surface area contributed by atoms with Crippen LogP contribution in [0.5, 0.6) is 0 Å². The zero-order valence-corrected chi connectivity index (χ0v) is 12.3. The molecule has 0 unspecified atom stereocenters. The molecule has 0 atom stereocenters. The van der Waals surface area contributed by atoms with Crippen LogP contribution in [0.15, 0.2) is 46.9 Å². The van der Waals surface area contributed by atoms with E-state index in [-0.39, 0.29) is 11.7 Å². The number of anilines is 1. The average Bonchev–Trinajstić information content (AvgIpc) is 2.69. The molecule has 2 aromatic carbocycles. The minimum atomic E-state index is -0.317. The molecule has 0 aromatic heterocycles. The van der Waals surface area contributed by atoms with Crippen molar-refractivity contribution in [2.75, 3.05) is 11.9 Å². The molecule has 1 aliphatic heterocycles. The van der Waals surface area contributed by atoms with Crippen LogP contribution in [-0.4, -0.2) is 13.0 Å². The van der Waals surface area contributed by atoms with E-state index in [0.717, 1.165) is 16.8 Å². The molecule has 1 heterocycles. The first kappa shape index (κ1) is 13.1. The van der Waals surface area contributed by atoms with Crippen molar-refractivity contribution in [3.63, 3.8) is 0 Å². The molecule has 1 amide bonds. The lowest BCUT2D eigenvalue weighted by atomic mass is 10.0. The fourth-order valence-electron chi connectivity index (χ4n) is 2.31. The van der Waals surface area contributed by atoms with E-state index in [4.69, 9.17) is 0 Å². The van der Waals surface area contributed by atoms with Gasteiger partial charge in [-0.3, -0.25) is 4.79 Å². The van der Waals surface area contributed by atoms with Crippen molar-refractivity contribution < 1.29 is 9.18 Å². The van der Waals surface area contributed by atoms with Crippen molar-refractivity contribution in [2.45, 2.75) is 0 Å². The third-order valence-corrected chi connectivity index (χ3v) is 3.95. The monoisotopic (exact) mass is 331 g/mol. The van der Waals surface area contributed by atoms with Crippen LogP contribution in [0.4, 0.5) is 10.1 Å². The summed E-state index contributed by atoms with van der Waals surface area (Å²) >= 11 is 3.15. The molecule has 0 aliphatic carbocycles. The Bertz CT molecular complexity index is 739. The number of fused-ring (bicyclic) bond motifs is 1. The van der Waals surface area contributed by atoms with Crippen molar-refractivity contribution in [1.29, 1.82) is 0 Å². The van der Waals surface area contributed by atoms with Gasteiger partial charge in [0, 0.05) is 18.2 Å². The Morgan fingerprint density at radius 1 is 1.20 bits per heavy atom. The Morgan fingerprint density at radius 3 is 2.70 bits per heavy atom. The van der Waals surface area contributed by atoms with Crippen molar-refractivity contribution in [3.05, 3.63) is 63.9 Å². The first-order chi connectivity index (χ1) is 9.58. The molecule has 1 aliphatic rings. The predicted octanol–water partition coefficient (Wildman–Crippen LogP) is 4.11. The number of amides is 1. The number of para-hydroxylation sites is 1. The second-order valence-corrected chi connectivity index (χ2v) is 5.47. The van der Waals surface area contributed by atoms with Gasteiger partial charge in [-0.15, -0.1) is 0 Å². The number of likely N-dealkylation sites (N-methyl/N-ethyl adjacent to an activating group) is 1. The van der Waals surface area contributed by atoms with E-state index in [1.54, 1.807) is 30.2 Å². The van der Waals surface area contributed by atoms with Gasteiger partial charge in [-0.2, -0.15) is 0 Å². The maximum Gasteiger partial charge on any atom is 0.258 e. The fraction of sp³-hybridized carbons (Fsp3) is 0.0625. The molecule has 3 rings (SSSR count). The molecule has 0 fully saturated rings. The lowest BCUT2D eigenvalue weighted by Crippen LogP contribution is -2.20. The quantitative estimate of drug-likeness (QED) is 0.720. The molecule has 0 saturated carbocycles. The molecule has 0 spiro atoms. The summed E-state index contributed by atoms with van der Waals surface area (Å²) in [5.41, 5.74) is 3.21. The maximum absolute atomic E-state index is 13.2. The number of hydrogen-bond acceptors (Lipinski definition) is 1. The van der Waals surface area contributed by atoms with Crippen molar-refractivity contribution in [3.8, 4) is 0 Å². The van der Waals surface area contributed by atoms with Gasteiger partial charge in [0.1, 0.15) is 5.82 Å². The van der Waals surface area contributed by atoms with E-state index in [2.05, 4.69) is 15.9 Å². The van der Waals surface area contributed by atoms with Crippen LogP contribution in [0.3, 0.4) is 0 Å². The van der Waals surface area contributed by atoms with Gasteiger partial charge in [0.2, 0.25) is 0 Å². The summed E-state index contributed by atoms with van der Waals surface area (Å²) in [5.74, 6) is -0.367. The van der Waals surface area contributed by atoms with E-state index in [0.29, 0.717) is 10.0 Å². The highest BCUT2D eigenvalue weighted by Crippen LogP contribution is 2.36. The Morgan fingerprint density at radius 2 is 1.95 bits per heavy atom. The Labute approximate surface area is 124 Å². The summed E-state index contributed by atoms with van der Waals surface area (Å²) in [6.45, 7) is 0. The molecular formula is C16H11BrFNO. The van der Waals surface area contributed by atoms with Gasteiger partial charge in [-0.25, -0.2) is 4.39 Å². The molecule has 2 nitrogen and oxygen atoms in total. The highest BCUT2D eigenvalue weighted by molar-refractivity contribution is 9.10. The molecule has 0 N–H and O–H groups in total. The summed E-state index contributed by atoms with van der Waals surface area (Å²) in [4.78, 5) is 13.9. The zero-order chi connectivity index (χ0) is 14.3. The van der Waals surface area contributed by atoms with Crippen molar-refractivity contribution >= 4 is 39.2 Å². The van der Waals surface area contributed by atoms with Gasteiger partial charge >= 0.3 is 0 Å². The summed E-state index contributed by atoms with van der Waals surface area (Å²) in [7, 11) is 1.75. The molecular weight excluding hydrogens is 321 g/mol. The Hall–Kier alpha value is -1.94. The van der Waals surface area contributed by atoms with Gasteiger partial charge in [-0.1, -0.05) is 24.3 Å². The first-order valence-corrected chi connectivity index (χ1v) is 6.91. The summed E-state index contributed by atoms with van der Waals surface area (Å²) < 4.78 is 13.6. The highest BCUT2D eigenvalue weighted by atomic mass is 79.9. The Balaban J connectivity index is 2.12. The molecule has 0 bridgehead atoms. The van der Waals surface area contributed by atoms with Crippen LogP contribution >= 0.6 is 15.9 Å². The number of carbonyl (C=O) groups excluding carboxylic acids is 1. The topological polar surface area (TPSA) is 20.3 Å². The average molecular weight is 332 g/mol. The largest absolute Gasteiger partial charge is 0.311 e. The van der Waals surface area contributed by atoms with Crippen molar-refractivity contribution in [1.82, 2.24) is 0 Å². The number of benzene rings is 2. The van der Waals surface area contributed by atoms with Gasteiger partial charge in [-0.05, 0) is 45.8 Å². The Kier molecular flexibility index (Phi) is 3.18. The van der Waals surface area contributed by atoms with E-state index in [1.165, 1.54) is 6.07 Å². The maximum atomic E-state index is 13.2. The standard InChI is InChI=1S/C16H11BrFNO/c1-19-15-5-3-2-4-11(15)12(16(19)20)8-10-6-7-14(18)13(17)9-10/h2-9H,1H3/b12-8+.